The Hall–Kier alpha value is -1.02. The number of nitrogens with zero attached hydrogens (tertiary/aromatic N) is 1. The molecule has 0 aliphatic heterocycles. The van der Waals surface area contributed by atoms with Crippen molar-refractivity contribution in [2.45, 2.75) is 257 Å². The second-order valence-electron chi connectivity index (χ2n) is 18.9. The molecule has 0 aromatic rings. The van der Waals surface area contributed by atoms with Crippen molar-refractivity contribution in [1.82, 2.24) is 5.32 Å². The van der Waals surface area contributed by atoms with Crippen LogP contribution in [-0.4, -0.2) is 73.4 Å². The fourth-order valence-electron chi connectivity index (χ4n) is 7.59. The van der Waals surface area contributed by atoms with Crippen molar-refractivity contribution in [2.75, 3.05) is 40.9 Å². The van der Waals surface area contributed by atoms with Gasteiger partial charge in [-0.2, -0.15) is 0 Å². The largest absolute Gasteiger partial charge is 0.472 e. The fourth-order valence-corrected chi connectivity index (χ4v) is 8.32. The summed E-state index contributed by atoms with van der Waals surface area (Å²) in [4.78, 5) is 23.1. The van der Waals surface area contributed by atoms with Crippen molar-refractivity contribution in [2.24, 2.45) is 0 Å². The molecule has 3 unspecified atom stereocenters. The Morgan fingerprint density at radius 2 is 0.917 bits per heavy atom. The standard InChI is InChI=1S/C51H101N2O6P/c1-6-8-10-12-14-16-18-19-20-21-22-23-24-25-26-27-28-29-30-31-32-33-34-35-37-39-41-43-45-51(55)52-49(48-59-60(56,57)58-47-46-53(3,4)5)50(54)44-42-40-38-36-17-15-13-11-9-7-2/h17,36,42,44,49-50,54H,6-16,18-35,37-41,43,45-48H2,1-5H3,(H-,52,55,56,57)/p+1/b36-17+,44-42+. The Morgan fingerprint density at radius 1 is 0.550 bits per heavy atom. The van der Waals surface area contributed by atoms with Crippen LogP contribution in [0.25, 0.3) is 0 Å². The number of nitrogens with one attached hydrogen (secondary N) is 1. The molecule has 0 fully saturated rings. The van der Waals surface area contributed by atoms with Crippen LogP contribution in [0.3, 0.4) is 0 Å². The zero-order chi connectivity index (χ0) is 44.3. The molecule has 3 atom stereocenters. The highest BCUT2D eigenvalue weighted by Crippen LogP contribution is 2.43. The summed E-state index contributed by atoms with van der Waals surface area (Å²) in [7, 11) is 1.56. The summed E-state index contributed by atoms with van der Waals surface area (Å²) in [6.45, 7) is 4.78. The predicted octanol–water partition coefficient (Wildman–Crippen LogP) is 14.9. The number of aliphatic hydroxyl groups excluding tert-OH is 1. The molecule has 0 radical (unpaired) electrons. The van der Waals surface area contributed by atoms with Crippen molar-refractivity contribution in [1.29, 1.82) is 0 Å². The Morgan fingerprint density at radius 3 is 1.33 bits per heavy atom. The smallest absolute Gasteiger partial charge is 0.387 e. The number of likely N-dealkylation sites (N-methyl/N-ethyl adjacent to an activating group) is 1. The lowest BCUT2D eigenvalue weighted by Gasteiger charge is -2.25. The van der Waals surface area contributed by atoms with Gasteiger partial charge in [-0.25, -0.2) is 4.57 Å². The van der Waals surface area contributed by atoms with Crippen molar-refractivity contribution >= 4 is 13.7 Å². The van der Waals surface area contributed by atoms with E-state index in [2.05, 4.69) is 31.3 Å². The molecule has 0 bridgehead atoms. The first-order valence-electron chi connectivity index (χ1n) is 25.7. The first-order valence-corrected chi connectivity index (χ1v) is 27.2. The van der Waals surface area contributed by atoms with E-state index in [0.717, 1.165) is 38.5 Å². The number of carbonyl (C=O) groups is 1. The molecule has 356 valence electrons. The summed E-state index contributed by atoms with van der Waals surface area (Å²) in [5, 5.41) is 13.8. The van der Waals surface area contributed by atoms with E-state index in [4.69, 9.17) is 9.05 Å². The van der Waals surface area contributed by atoms with Crippen LogP contribution in [0.2, 0.25) is 0 Å². The van der Waals surface area contributed by atoms with Crippen LogP contribution in [-0.2, 0) is 18.4 Å². The summed E-state index contributed by atoms with van der Waals surface area (Å²) in [6, 6.07) is -0.857. The summed E-state index contributed by atoms with van der Waals surface area (Å²) in [6.07, 6.45) is 52.9. The number of rotatable bonds is 47. The van der Waals surface area contributed by atoms with Crippen LogP contribution in [0.15, 0.2) is 24.3 Å². The number of quaternary nitrogens is 1. The highest BCUT2D eigenvalue weighted by molar-refractivity contribution is 7.47. The van der Waals surface area contributed by atoms with E-state index in [9.17, 15) is 19.4 Å². The molecule has 0 saturated carbocycles. The molecule has 0 aromatic carbocycles. The summed E-state index contributed by atoms with van der Waals surface area (Å²) in [5.41, 5.74) is 0. The van der Waals surface area contributed by atoms with Crippen molar-refractivity contribution in [3.63, 3.8) is 0 Å². The van der Waals surface area contributed by atoms with Crippen molar-refractivity contribution < 1.29 is 32.9 Å². The van der Waals surface area contributed by atoms with Gasteiger partial charge in [0, 0.05) is 6.42 Å². The number of aliphatic hydroxyl groups is 1. The van der Waals surface area contributed by atoms with Gasteiger partial charge >= 0.3 is 7.82 Å². The molecule has 0 heterocycles. The first kappa shape index (κ1) is 59.0. The summed E-state index contributed by atoms with van der Waals surface area (Å²) in [5.74, 6) is -0.185. The van der Waals surface area contributed by atoms with Gasteiger partial charge in [0.1, 0.15) is 13.2 Å². The zero-order valence-electron chi connectivity index (χ0n) is 40.5. The Kier molecular flexibility index (Phi) is 42.5. The summed E-state index contributed by atoms with van der Waals surface area (Å²) < 4.78 is 23.5. The minimum absolute atomic E-state index is 0.0581. The second-order valence-corrected chi connectivity index (χ2v) is 20.4. The van der Waals surface area contributed by atoms with Gasteiger partial charge in [0.15, 0.2) is 0 Å². The maximum absolute atomic E-state index is 12.9. The minimum Gasteiger partial charge on any atom is -0.387 e. The molecular formula is C51H102N2O6P+. The van der Waals surface area contributed by atoms with Crippen LogP contribution in [0.1, 0.15) is 245 Å². The summed E-state index contributed by atoms with van der Waals surface area (Å²) >= 11 is 0. The van der Waals surface area contributed by atoms with Gasteiger partial charge in [-0.3, -0.25) is 13.8 Å². The number of phosphoric acid groups is 1. The number of allylic oxidation sites excluding steroid dienone is 3. The van der Waals surface area contributed by atoms with Gasteiger partial charge < -0.3 is 19.8 Å². The third-order valence-electron chi connectivity index (χ3n) is 11.7. The van der Waals surface area contributed by atoms with E-state index in [1.165, 1.54) is 186 Å². The van der Waals surface area contributed by atoms with Crippen LogP contribution in [0, 0.1) is 0 Å². The van der Waals surface area contributed by atoms with E-state index in [1.807, 2.05) is 27.2 Å². The van der Waals surface area contributed by atoms with Crippen LogP contribution < -0.4 is 5.32 Å². The molecule has 60 heavy (non-hydrogen) atoms. The maximum Gasteiger partial charge on any atom is 0.472 e. The van der Waals surface area contributed by atoms with Gasteiger partial charge in [0.2, 0.25) is 5.91 Å². The monoisotopic (exact) mass is 870 g/mol. The normalized spacial score (nSPS) is 14.3. The van der Waals surface area contributed by atoms with E-state index >= 15 is 0 Å². The Balaban J connectivity index is 4.04. The lowest BCUT2D eigenvalue weighted by atomic mass is 10.0. The number of unbranched alkanes of at least 4 members (excludes halogenated alkanes) is 32. The Labute approximate surface area is 373 Å². The van der Waals surface area contributed by atoms with Crippen LogP contribution >= 0.6 is 7.82 Å². The predicted molar refractivity (Wildman–Crippen MR) is 258 cm³/mol. The van der Waals surface area contributed by atoms with E-state index in [1.54, 1.807) is 6.08 Å². The highest BCUT2D eigenvalue weighted by atomic mass is 31.2. The molecule has 0 spiro atoms. The van der Waals surface area contributed by atoms with Gasteiger partial charge in [-0.15, -0.1) is 0 Å². The quantitative estimate of drug-likeness (QED) is 0.0243. The molecule has 0 saturated heterocycles. The first-order chi connectivity index (χ1) is 29.0. The number of hydrogen-bond donors (Lipinski definition) is 3. The molecule has 0 aromatic heterocycles. The molecular weight excluding hydrogens is 768 g/mol. The minimum atomic E-state index is -4.34. The number of carbonyl (C=O) groups excluding carboxylic acids is 1. The highest BCUT2D eigenvalue weighted by Gasteiger charge is 2.27. The van der Waals surface area contributed by atoms with Crippen LogP contribution in [0.4, 0.5) is 0 Å². The van der Waals surface area contributed by atoms with Gasteiger partial charge in [-0.1, -0.05) is 231 Å². The molecule has 0 aliphatic carbocycles. The molecule has 9 heteroatoms. The Bertz CT molecular complexity index is 1030. The lowest BCUT2D eigenvalue weighted by molar-refractivity contribution is -0.870. The van der Waals surface area contributed by atoms with Gasteiger partial charge in [-0.05, 0) is 32.1 Å². The fraction of sp³-hybridized carbons (Fsp3) is 0.902. The molecule has 8 nitrogen and oxygen atoms in total. The second kappa shape index (κ2) is 43.2. The average molecular weight is 870 g/mol. The average Bonchev–Trinajstić information content (AvgIpc) is 3.20. The third kappa shape index (κ3) is 45.0. The SMILES string of the molecule is CCCCCC/C=C/CC/C=C/C(O)C(COP(=O)(O)OCC[N+](C)(C)C)NC(=O)CCCCCCCCCCCCCCCCCCCCCCCCCCCCCC. The molecule has 0 aliphatic rings. The van der Waals surface area contributed by atoms with Crippen molar-refractivity contribution in [3.8, 4) is 0 Å². The number of phosphoric ester groups is 1. The van der Waals surface area contributed by atoms with Crippen molar-refractivity contribution in [3.05, 3.63) is 24.3 Å². The van der Waals surface area contributed by atoms with Gasteiger partial charge in [0.25, 0.3) is 0 Å². The lowest BCUT2D eigenvalue weighted by Crippen LogP contribution is -2.45. The van der Waals surface area contributed by atoms with E-state index in [0.29, 0.717) is 17.4 Å². The maximum atomic E-state index is 12.9. The van der Waals surface area contributed by atoms with Crippen LogP contribution in [0.5, 0.6) is 0 Å². The van der Waals surface area contributed by atoms with E-state index in [-0.39, 0.29) is 19.1 Å². The third-order valence-corrected chi connectivity index (χ3v) is 12.7. The van der Waals surface area contributed by atoms with E-state index < -0.39 is 20.0 Å². The number of hydrogen-bond acceptors (Lipinski definition) is 5. The zero-order valence-corrected chi connectivity index (χ0v) is 41.4. The molecule has 3 N–H and O–H groups in total. The van der Waals surface area contributed by atoms with Gasteiger partial charge in [0.05, 0.1) is 39.9 Å². The topological polar surface area (TPSA) is 105 Å². The number of amides is 1. The molecule has 0 rings (SSSR count). The molecule has 1 amide bonds.